The molecule has 0 radical (unpaired) electrons. The molecule has 2 amide bonds. The highest BCUT2D eigenvalue weighted by Crippen LogP contribution is 2.18. The van der Waals surface area contributed by atoms with Crippen molar-refractivity contribution in [1.82, 2.24) is 10.2 Å². The normalized spacial score (nSPS) is 20.5. The number of hydrogen-bond acceptors (Lipinski definition) is 4. The van der Waals surface area contributed by atoms with Crippen LogP contribution in [0.4, 0.5) is 4.79 Å². The number of amides is 2. The number of ether oxygens (including phenoxy) is 1. The van der Waals surface area contributed by atoms with Crippen molar-refractivity contribution < 1.29 is 24.2 Å². The smallest absolute Gasteiger partial charge is 0.325 e. The Morgan fingerprint density at radius 1 is 1.47 bits per heavy atom. The molecule has 2 atom stereocenters. The van der Waals surface area contributed by atoms with Gasteiger partial charge in [0.15, 0.2) is 0 Å². The molecule has 1 heterocycles. The zero-order valence-electron chi connectivity index (χ0n) is 11.2. The maximum absolute atomic E-state index is 11.8. The molecule has 2 unspecified atom stereocenters. The van der Waals surface area contributed by atoms with Gasteiger partial charge in [0.1, 0.15) is 6.04 Å². The largest absolute Gasteiger partial charge is 0.480 e. The van der Waals surface area contributed by atoms with Crippen LogP contribution >= 0.6 is 0 Å². The van der Waals surface area contributed by atoms with E-state index >= 15 is 0 Å². The predicted octanol–water partition coefficient (Wildman–Crippen LogP) is 0.444. The summed E-state index contributed by atoms with van der Waals surface area (Å²) in [7, 11) is 0. The summed E-state index contributed by atoms with van der Waals surface area (Å²) in [5.74, 6) is -1.71. The van der Waals surface area contributed by atoms with E-state index in [-0.39, 0.29) is 18.4 Å². The molecule has 0 aromatic carbocycles. The minimum atomic E-state index is -1.09. The number of carboxylic acids is 1. The number of likely N-dealkylation sites (tertiary alicyclic amines) is 1. The third-order valence-corrected chi connectivity index (χ3v) is 3.04. The number of carboxylic acid groups (broad SMARTS) is 1. The van der Waals surface area contributed by atoms with Gasteiger partial charge in [-0.05, 0) is 26.7 Å². The first-order valence-electron chi connectivity index (χ1n) is 6.40. The Morgan fingerprint density at radius 2 is 2.16 bits per heavy atom. The van der Waals surface area contributed by atoms with E-state index in [1.165, 1.54) is 11.8 Å². The van der Waals surface area contributed by atoms with Gasteiger partial charge in [0.25, 0.3) is 0 Å². The summed E-state index contributed by atoms with van der Waals surface area (Å²) in [4.78, 5) is 35.6. The lowest BCUT2D eigenvalue weighted by Crippen LogP contribution is -2.50. The topological polar surface area (TPSA) is 95.9 Å². The van der Waals surface area contributed by atoms with Gasteiger partial charge in [-0.25, -0.2) is 4.79 Å². The van der Waals surface area contributed by atoms with Gasteiger partial charge in [0.05, 0.1) is 12.5 Å². The summed E-state index contributed by atoms with van der Waals surface area (Å²) in [6.07, 6.45) is 1.40. The Bertz CT molecular complexity index is 358. The number of hydrogen-bond donors (Lipinski definition) is 2. The Balaban J connectivity index is 2.52. The average Bonchev–Trinajstić information content (AvgIpc) is 2.39. The fourth-order valence-corrected chi connectivity index (χ4v) is 1.95. The Hall–Kier alpha value is -1.79. The van der Waals surface area contributed by atoms with Crippen molar-refractivity contribution in [2.24, 2.45) is 5.92 Å². The second-order valence-corrected chi connectivity index (χ2v) is 4.55. The highest BCUT2D eigenvalue weighted by molar-refractivity contribution is 5.83. The lowest BCUT2D eigenvalue weighted by molar-refractivity contribution is -0.149. The van der Waals surface area contributed by atoms with E-state index in [1.54, 1.807) is 6.92 Å². The van der Waals surface area contributed by atoms with Crippen LogP contribution < -0.4 is 5.32 Å². The van der Waals surface area contributed by atoms with E-state index in [1.807, 2.05) is 0 Å². The lowest BCUT2D eigenvalue weighted by atomic mass is 9.98. The average molecular weight is 272 g/mol. The zero-order chi connectivity index (χ0) is 14.4. The summed E-state index contributed by atoms with van der Waals surface area (Å²) in [6, 6.07) is -1.40. The highest BCUT2D eigenvalue weighted by Gasteiger charge is 2.30. The van der Waals surface area contributed by atoms with E-state index < -0.39 is 18.0 Å². The van der Waals surface area contributed by atoms with Crippen LogP contribution in [0.1, 0.15) is 26.7 Å². The van der Waals surface area contributed by atoms with Gasteiger partial charge in [0.2, 0.25) is 0 Å². The van der Waals surface area contributed by atoms with Crippen LogP contribution in [0.25, 0.3) is 0 Å². The SMILES string of the molecule is CCOC(=O)C1CCCN(C(=O)NC(C)C(=O)O)C1. The van der Waals surface area contributed by atoms with Crippen LogP contribution in [0.5, 0.6) is 0 Å². The molecule has 0 saturated carbocycles. The Morgan fingerprint density at radius 3 is 2.74 bits per heavy atom. The minimum absolute atomic E-state index is 0.275. The summed E-state index contributed by atoms with van der Waals surface area (Å²) in [5.41, 5.74) is 0. The molecule has 2 N–H and O–H groups in total. The molecule has 0 spiro atoms. The van der Waals surface area contributed by atoms with Crippen molar-refractivity contribution in [3.8, 4) is 0 Å². The minimum Gasteiger partial charge on any atom is -0.480 e. The third kappa shape index (κ3) is 4.42. The van der Waals surface area contributed by atoms with Gasteiger partial charge in [-0.3, -0.25) is 9.59 Å². The van der Waals surface area contributed by atoms with Gasteiger partial charge in [-0.2, -0.15) is 0 Å². The number of nitrogens with one attached hydrogen (secondary N) is 1. The fraction of sp³-hybridized carbons (Fsp3) is 0.750. The molecule has 19 heavy (non-hydrogen) atoms. The second kappa shape index (κ2) is 6.96. The van der Waals surface area contributed by atoms with Gasteiger partial charge >= 0.3 is 18.0 Å². The molecule has 1 rings (SSSR count). The van der Waals surface area contributed by atoms with E-state index in [2.05, 4.69) is 5.32 Å². The standard InChI is InChI=1S/C12H20N2O5/c1-3-19-11(17)9-5-4-6-14(7-9)12(18)13-8(2)10(15)16/h8-9H,3-7H2,1-2H3,(H,13,18)(H,15,16). The monoisotopic (exact) mass is 272 g/mol. The first kappa shape index (κ1) is 15.3. The fourth-order valence-electron chi connectivity index (χ4n) is 1.95. The first-order chi connectivity index (χ1) is 8.95. The van der Waals surface area contributed by atoms with Gasteiger partial charge in [0, 0.05) is 13.1 Å². The molecule has 0 aromatic rings. The van der Waals surface area contributed by atoms with E-state index in [9.17, 15) is 14.4 Å². The maximum atomic E-state index is 11.8. The molecular weight excluding hydrogens is 252 g/mol. The molecule has 0 bridgehead atoms. The van der Waals surface area contributed by atoms with Crippen molar-refractivity contribution >= 4 is 18.0 Å². The number of nitrogens with zero attached hydrogens (tertiary/aromatic N) is 1. The third-order valence-electron chi connectivity index (χ3n) is 3.04. The maximum Gasteiger partial charge on any atom is 0.325 e. The summed E-state index contributed by atoms with van der Waals surface area (Å²) >= 11 is 0. The number of urea groups is 1. The van der Waals surface area contributed by atoms with E-state index in [0.29, 0.717) is 26.0 Å². The summed E-state index contributed by atoms with van der Waals surface area (Å²) < 4.78 is 4.94. The van der Waals surface area contributed by atoms with E-state index in [0.717, 1.165) is 0 Å². The molecule has 7 nitrogen and oxygen atoms in total. The van der Waals surface area contributed by atoms with Crippen molar-refractivity contribution in [1.29, 1.82) is 0 Å². The van der Waals surface area contributed by atoms with Crippen molar-refractivity contribution in [3.05, 3.63) is 0 Å². The van der Waals surface area contributed by atoms with Crippen molar-refractivity contribution in [2.75, 3.05) is 19.7 Å². The quantitative estimate of drug-likeness (QED) is 0.724. The Kier molecular flexibility index (Phi) is 5.59. The molecule has 7 heteroatoms. The number of esters is 1. The van der Waals surface area contributed by atoms with Crippen LogP contribution in [-0.4, -0.2) is 53.7 Å². The van der Waals surface area contributed by atoms with Crippen LogP contribution in [0, 0.1) is 5.92 Å². The first-order valence-corrected chi connectivity index (χ1v) is 6.40. The molecule has 0 aliphatic carbocycles. The van der Waals surface area contributed by atoms with Crippen molar-refractivity contribution in [3.63, 3.8) is 0 Å². The number of aliphatic carboxylic acids is 1. The number of piperidine rings is 1. The van der Waals surface area contributed by atoms with Crippen LogP contribution in [0.3, 0.4) is 0 Å². The van der Waals surface area contributed by atoms with E-state index in [4.69, 9.17) is 9.84 Å². The summed E-state index contributed by atoms with van der Waals surface area (Å²) in [6.45, 7) is 4.25. The van der Waals surface area contributed by atoms with Crippen LogP contribution in [-0.2, 0) is 14.3 Å². The van der Waals surface area contributed by atoms with Gasteiger partial charge in [-0.15, -0.1) is 0 Å². The van der Waals surface area contributed by atoms with Gasteiger partial charge in [-0.1, -0.05) is 0 Å². The Labute approximate surface area is 111 Å². The van der Waals surface area contributed by atoms with Crippen LogP contribution in [0.15, 0.2) is 0 Å². The molecular formula is C12H20N2O5. The molecule has 1 fully saturated rings. The molecule has 1 aliphatic rings. The zero-order valence-corrected chi connectivity index (χ0v) is 11.2. The highest BCUT2D eigenvalue weighted by atomic mass is 16.5. The number of rotatable bonds is 4. The molecule has 0 aromatic heterocycles. The second-order valence-electron chi connectivity index (χ2n) is 4.55. The molecule has 1 aliphatic heterocycles. The molecule has 108 valence electrons. The lowest BCUT2D eigenvalue weighted by Gasteiger charge is -2.32. The summed E-state index contributed by atoms with van der Waals surface area (Å²) in [5, 5.41) is 11.1. The number of carbonyl (C=O) groups is 3. The molecule has 1 saturated heterocycles. The van der Waals surface area contributed by atoms with Crippen molar-refractivity contribution in [2.45, 2.75) is 32.7 Å². The predicted molar refractivity (Wildman–Crippen MR) is 66.6 cm³/mol. The number of carbonyl (C=O) groups excluding carboxylic acids is 2. The van der Waals surface area contributed by atoms with Crippen LogP contribution in [0.2, 0.25) is 0 Å². The van der Waals surface area contributed by atoms with Gasteiger partial charge < -0.3 is 20.1 Å².